The fraction of sp³-hybridized carbons (Fsp3) is 0.235. The van der Waals surface area contributed by atoms with Crippen LogP contribution in [0.2, 0.25) is 5.02 Å². The maximum absolute atomic E-state index is 6.04. The minimum absolute atomic E-state index is 0.340. The lowest BCUT2D eigenvalue weighted by atomic mass is 10.1. The Hall–Kier alpha value is -1.58. The number of aromatic nitrogens is 2. The molecule has 3 rings (SSSR count). The van der Waals surface area contributed by atoms with Crippen LogP contribution in [-0.4, -0.2) is 9.55 Å². The lowest BCUT2D eigenvalue weighted by Crippen LogP contribution is -2.06. The predicted octanol–water partition coefficient (Wildman–Crippen LogP) is 5.55. The number of aryl methyl sites for hydroxylation is 1. The summed E-state index contributed by atoms with van der Waals surface area (Å²) in [6.45, 7) is 2.21. The average Bonchev–Trinajstić information content (AvgIpc) is 2.81. The summed E-state index contributed by atoms with van der Waals surface area (Å²) in [6.07, 6.45) is 2.10. The zero-order chi connectivity index (χ0) is 14.8. The molecule has 0 amide bonds. The molecule has 0 aliphatic carbocycles. The zero-order valence-corrected chi connectivity index (χ0v) is 13.4. The van der Waals surface area contributed by atoms with Gasteiger partial charge in [-0.2, -0.15) is 0 Å². The van der Waals surface area contributed by atoms with Gasteiger partial charge in [0.15, 0.2) is 4.77 Å². The van der Waals surface area contributed by atoms with Crippen molar-refractivity contribution in [1.29, 1.82) is 0 Å². The molecule has 2 aromatic carbocycles. The largest absolute Gasteiger partial charge is 0.331 e. The molecule has 0 radical (unpaired) electrons. The molecule has 2 nitrogen and oxygen atoms in total. The molecule has 3 aromatic rings. The molecule has 1 atom stereocenters. The summed E-state index contributed by atoms with van der Waals surface area (Å²) in [5.74, 6) is 0. The Morgan fingerprint density at radius 1 is 1.19 bits per heavy atom. The van der Waals surface area contributed by atoms with Gasteiger partial charge >= 0.3 is 0 Å². The first-order valence-electron chi connectivity index (χ1n) is 7.09. The number of imidazole rings is 1. The van der Waals surface area contributed by atoms with Crippen molar-refractivity contribution in [3.8, 4) is 0 Å². The van der Waals surface area contributed by atoms with Gasteiger partial charge in [-0.15, -0.1) is 0 Å². The SMILES string of the molecule is CC(CCc1ccccc1)n1c(=S)[nH]c2cc(Cl)ccc21. The molecule has 0 aliphatic heterocycles. The van der Waals surface area contributed by atoms with E-state index in [0.29, 0.717) is 6.04 Å². The van der Waals surface area contributed by atoms with Crippen molar-refractivity contribution in [2.75, 3.05) is 0 Å². The molecular weight excluding hydrogens is 300 g/mol. The van der Waals surface area contributed by atoms with Gasteiger partial charge in [-0.25, -0.2) is 0 Å². The molecule has 1 unspecified atom stereocenters. The summed E-state index contributed by atoms with van der Waals surface area (Å²) in [5.41, 5.74) is 3.47. The first kappa shape index (κ1) is 14.4. The van der Waals surface area contributed by atoms with E-state index in [9.17, 15) is 0 Å². The van der Waals surface area contributed by atoms with Crippen LogP contribution in [0.25, 0.3) is 11.0 Å². The normalized spacial score (nSPS) is 12.7. The van der Waals surface area contributed by atoms with Crippen LogP contribution in [0.1, 0.15) is 24.9 Å². The van der Waals surface area contributed by atoms with Gasteiger partial charge < -0.3 is 9.55 Å². The number of hydrogen-bond donors (Lipinski definition) is 1. The van der Waals surface area contributed by atoms with Crippen molar-refractivity contribution in [1.82, 2.24) is 9.55 Å². The second-order valence-corrected chi connectivity index (χ2v) is 6.16. The van der Waals surface area contributed by atoms with Crippen LogP contribution < -0.4 is 0 Å². The average molecular weight is 317 g/mol. The second kappa shape index (κ2) is 6.04. The highest BCUT2D eigenvalue weighted by Crippen LogP contribution is 2.24. The monoisotopic (exact) mass is 316 g/mol. The van der Waals surface area contributed by atoms with Crippen LogP contribution in [0, 0.1) is 4.77 Å². The summed E-state index contributed by atoms with van der Waals surface area (Å²) >= 11 is 11.5. The third-order valence-corrected chi connectivity index (χ3v) is 4.35. The molecule has 108 valence electrons. The zero-order valence-electron chi connectivity index (χ0n) is 11.8. The Morgan fingerprint density at radius 2 is 1.95 bits per heavy atom. The third kappa shape index (κ3) is 3.04. The predicted molar refractivity (Wildman–Crippen MR) is 91.6 cm³/mol. The number of nitrogens with one attached hydrogen (secondary N) is 1. The van der Waals surface area contributed by atoms with Crippen molar-refractivity contribution < 1.29 is 0 Å². The van der Waals surface area contributed by atoms with Crippen molar-refractivity contribution >= 4 is 34.9 Å². The minimum atomic E-state index is 0.340. The van der Waals surface area contributed by atoms with Crippen LogP contribution in [0.3, 0.4) is 0 Å². The summed E-state index contributed by atoms with van der Waals surface area (Å²) in [6, 6.07) is 16.8. The molecule has 1 heterocycles. The van der Waals surface area contributed by atoms with E-state index in [-0.39, 0.29) is 0 Å². The van der Waals surface area contributed by atoms with Gasteiger partial charge in [0.1, 0.15) is 0 Å². The quantitative estimate of drug-likeness (QED) is 0.626. The summed E-state index contributed by atoms with van der Waals surface area (Å²) in [7, 11) is 0. The molecule has 0 aliphatic rings. The summed E-state index contributed by atoms with van der Waals surface area (Å²) in [5, 5.41) is 0.725. The molecule has 0 saturated heterocycles. The topological polar surface area (TPSA) is 20.7 Å². The number of benzene rings is 2. The molecule has 0 bridgehead atoms. The Morgan fingerprint density at radius 3 is 2.71 bits per heavy atom. The van der Waals surface area contributed by atoms with Gasteiger partial charge in [-0.05, 0) is 55.7 Å². The lowest BCUT2D eigenvalue weighted by molar-refractivity contribution is 0.514. The standard InChI is InChI=1S/C17H17ClN2S/c1-12(7-8-13-5-3-2-4-6-13)20-16-10-9-14(18)11-15(16)19-17(20)21/h2-6,9-12H,7-8H2,1H3,(H,19,21). The fourth-order valence-electron chi connectivity index (χ4n) is 2.69. The Bertz CT molecular complexity index is 805. The number of fused-ring (bicyclic) bond motifs is 1. The van der Waals surface area contributed by atoms with Crippen molar-refractivity contribution in [3.05, 3.63) is 63.9 Å². The van der Waals surface area contributed by atoms with E-state index in [2.05, 4.69) is 40.7 Å². The van der Waals surface area contributed by atoms with Gasteiger partial charge in [0.05, 0.1) is 11.0 Å². The number of rotatable bonds is 4. The van der Waals surface area contributed by atoms with Crippen molar-refractivity contribution in [3.63, 3.8) is 0 Å². The summed E-state index contributed by atoms with van der Waals surface area (Å²) < 4.78 is 2.94. The van der Waals surface area contributed by atoms with Gasteiger partial charge in [-0.1, -0.05) is 41.9 Å². The molecule has 0 fully saturated rings. The Kier molecular flexibility index (Phi) is 4.13. The van der Waals surface area contributed by atoms with E-state index in [0.717, 1.165) is 33.7 Å². The second-order valence-electron chi connectivity index (χ2n) is 5.33. The van der Waals surface area contributed by atoms with E-state index in [1.165, 1.54) is 5.56 Å². The third-order valence-electron chi connectivity index (χ3n) is 3.81. The van der Waals surface area contributed by atoms with Crippen LogP contribution >= 0.6 is 23.8 Å². The summed E-state index contributed by atoms with van der Waals surface area (Å²) in [4.78, 5) is 3.24. The van der Waals surface area contributed by atoms with Gasteiger partial charge in [0.2, 0.25) is 0 Å². The maximum atomic E-state index is 6.04. The van der Waals surface area contributed by atoms with Gasteiger partial charge in [-0.3, -0.25) is 0 Å². The lowest BCUT2D eigenvalue weighted by Gasteiger charge is -2.14. The van der Waals surface area contributed by atoms with E-state index in [1.54, 1.807) is 0 Å². The molecule has 0 spiro atoms. The number of H-pyrrole nitrogens is 1. The number of halogens is 1. The molecule has 21 heavy (non-hydrogen) atoms. The Balaban J connectivity index is 1.86. The first-order chi connectivity index (χ1) is 10.1. The highest BCUT2D eigenvalue weighted by molar-refractivity contribution is 7.71. The highest BCUT2D eigenvalue weighted by atomic mass is 35.5. The maximum Gasteiger partial charge on any atom is 0.178 e. The van der Waals surface area contributed by atoms with Gasteiger partial charge in [0, 0.05) is 11.1 Å². The highest BCUT2D eigenvalue weighted by Gasteiger charge is 2.11. The Labute approximate surface area is 134 Å². The van der Waals surface area contributed by atoms with Crippen LogP contribution in [0.4, 0.5) is 0 Å². The number of nitrogens with zero attached hydrogens (tertiary/aromatic N) is 1. The van der Waals surface area contributed by atoms with Crippen molar-refractivity contribution in [2.45, 2.75) is 25.8 Å². The minimum Gasteiger partial charge on any atom is -0.331 e. The van der Waals surface area contributed by atoms with E-state index >= 15 is 0 Å². The molecule has 0 saturated carbocycles. The van der Waals surface area contributed by atoms with E-state index < -0.39 is 0 Å². The number of aromatic amines is 1. The van der Waals surface area contributed by atoms with Crippen molar-refractivity contribution in [2.24, 2.45) is 0 Å². The van der Waals surface area contributed by atoms with E-state index in [1.807, 2.05) is 24.3 Å². The first-order valence-corrected chi connectivity index (χ1v) is 7.87. The fourth-order valence-corrected chi connectivity index (χ4v) is 3.25. The molecule has 4 heteroatoms. The van der Waals surface area contributed by atoms with Crippen LogP contribution in [0.5, 0.6) is 0 Å². The van der Waals surface area contributed by atoms with E-state index in [4.69, 9.17) is 23.8 Å². The smallest absolute Gasteiger partial charge is 0.178 e. The number of hydrogen-bond acceptors (Lipinski definition) is 1. The molecular formula is C17H17ClN2S. The van der Waals surface area contributed by atoms with Crippen LogP contribution in [0.15, 0.2) is 48.5 Å². The van der Waals surface area contributed by atoms with Gasteiger partial charge in [0.25, 0.3) is 0 Å². The van der Waals surface area contributed by atoms with Crippen LogP contribution in [-0.2, 0) is 6.42 Å². The molecule has 1 N–H and O–H groups in total. The molecule has 1 aromatic heterocycles.